The summed E-state index contributed by atoms with van der Waals surface area (Å²) in [5, 5.41) is 11.5. The van der Waals surface area contributed by atoms with Crippen LogP contribution in [-0.2, 0) is 11.0 Å². The van der Waals surface area contributed by atoms with Crippen molar-refractivity contribution in [3.8, 4) is 6.07 Å². The normalized spacial score (nSPS) is 14.7. The molecule has 0 bridgehead atoms. The van der Waals surface area contributed by atoms with Gasteiger partial charge < -0.3 is 16.0 Å². The van der Waals surface area contributed by atoms with E-state index in [9.17, 15) is 22.8 Å². The first kappa shape index (κ1) is 23.0. The summed E-state index contributed by atoms with van der Waals surface area (Å²) in [6.45, 7) is 0.322. The molecule has 1 aliphatic heterocycles. The number of anilines is 3. The van der Waals surface area contributed by atoms with Gasteiger partial charge in [-0.2, -0.15) is 18.4 Å². The monoisotopic (exact) mass is 461 g/mol. The Morgan fingerprint density at radius 1 is 1.22 bits per heavy atom. The smallest absolute Gasteiger partial charge is 0.398 e. The van der Waals surface area contributed by atoms with E-state index in [2.05, 4.69) is 5.32 Å². The molecule has 0 saturated carbocycles. The number of carbonyl (C=O) groups is 2. The molecule has 3 N–H and O–H groups in total. The molecule has 1 heterocycles. The number of amides is 2. The van der Waals surface area contributed by atoms with Gasteiger partial charge >= 0.3 is 6.18 Å². The molecule has 2 aromatic carbocycles. The lowest BCUT2D eigenvalue weighted by Gasteiger charge is -2.30. The van der Waals surface area contributed by atoms with E-state index in [4.69, 9.17) is 23.2 Å². The number of alkyl halides is 3. The van der Waals surface area contributed by atoms with Crippen LogP contribution in [-0.4, -0.2) is 30.5 Å². The number of halogens is 3. The first-order valence-corrected chi connectivity index (χ1v) is 9.86. The molecule has 7 nitrogen and oxygen atoms in total. The van der Waals surface area contributed by atoms with Gasteiger partial charge in [0.05, 0.1) is 28.4 Å². The SMILES string of the molecule is CNC(=O)c1ccc(N2CCCC(=O)N(c3ccc(C#N)c(C(F)(F)F)c3)C2=S)cc1N. The molecule has 1 fully saturated rings. The zero-order chi connectivity index (χ0) is 23.6. The second kappa shape index (κ2) is 8.84. The zero-order valence-electron chi connectivity index (χ0n) is 16.9. The highest BCUT2D eigenvalue weighted by Gasteiger charge is 2.36. The van der Waals surface area contributed by atoms with Crippen molar-refractivity contribution in [2.75, 3.05) is 29.1 Å². The summed E-state index contributed by atoms with van der Waals surface area (Å²) in [5.41, 5.74) is 5.13. The fraction of sp³-hybridized carbons (Fsp3) is 0.238. The van der Waals surface area contributed by atoms with E-state index < -0.39 is 23.2 Å². The van der Waals surface area contributed by atoms with Crippen molar-refractivity contribution < 1.29 is 22.8 Å². The largest absolute Gasteiger partial charge is 0.417 e. The lowest BCUT2D eigenvalue weighted by molar-refractivity contribution is -0.137. The van der Waals surface area contributed by atoms with Gasteiger partial charge in [0.15, 0.2) is 5.11 Å². The molecule has 2 amide bonds. The van der Waals surface area contributed by atoms with Gasteiger partial charge in [0, 0.05) is 31.4 Å². The summed E-state index contributed by atoms with van der Waals surface area (Å²) in [6, 6.07) is 9.15. The van der Waals surface area contributed by atoms with E-state index in [-0.39, 0.29) is 34.4 Å². The van der Waals surface area contributed by atoms with Crippen molar-refractivity contribution in [1.82, 2.24) is 5.32 Å². The minimum absolute atomic E-state index is 0.0302. The maximum absolute atomic E-state index is 13.4. The summed E-state index contributed by atoms with van der Waals surface area (Å²) < 4.78 is 40.3. The number of nitriles is 1. The Labute approximate surface area is 187 Å². The van der Waals surface area contributed by atoms with Gasteiger partial charge in [0.25, 0.3) is 5.91 Å². The molecule has 1 saturated heterocycles. The van der Waals surface area contributed by atoms with E-state index in [1.807, 2.05) is 0 Å². The first-order chi connectivity index (χ1) is 15.1. The molecule has 1 aliphatic rings. The maximum atomic E-state index is 13.4. The third-order valence-electron chi connectivity index (χ3n) is 4.95. The molecule has 2 aromatic rings. The Hall–Kier alpha value is -3.65. The molecule has 0 unspecified atom stereocenters. The number of carbonyl (C=O) groups excluding carboxylic acids is 2. The van der Waals surface area contributed by atoms with E-state index in [1.54, 1.807) is 11.0 Å². The van der Waals surface area contributed by atoms with Gasteiger partial charge in [-0.15, -0.1) is 0 Å². The average Bonchev–Trinajstić information content (AvgIpc) is 2.89. The minimum atomic E-state index is -4.78. The van der Waals surface area contributed by atoms with Crippen LogP contribution in [0.25, 0.3) is 0 Å². The van der Waals surface area contributed by atoms with Crippen molar-refractivity contribution in [2.24, 2.45) is 0 Å². The van der Waals surface area contributed by atoms with E-state index >= 15 is 0 Å². The standard InChI is InChI=1S/C21H18F3N5O2S/c1-27-19(31)15-7-6-13(10-17(15)26)28-8-2-3-18(30)29(20(28)32)14-5-4-12(11-25)16(9-14)21(22,23)24/h4-7,9-10H,2-3,8,26H2,1H3,(H,27,31). The molecule has 11 heteroatoms. The Morgan fingerprint density at radius 2 is 1.91 bits per heavy atom. The van der Waals surface area contributed by atoms with Crippen LogP contribution in [0.5, 0.6) is 0 Å². The lowest BCUT2D eigenvalue weighted by Crippen LogP contribution is -2.44. The van der Waals surface area contributed by atoms with Crippen LogP contribution in [0.15, 0.2) is 36.4 Å². The van der Waals surface area contributed by atoms with Crippen LogP contribution < -0.4 is 20.9 Å². The highest BCUT2D eigenvalue weighted by molar-refractivity contribution is 7.81. The van der Waals surface area contributed by atoms with Crippen LogP contribution in [0.1, 0.15) is 34.3 Å². The lowest BCUT2D eigenvalue weighted by atomic mass is 10.1. The number of thiocarbonyl (C=S) groups is 1. The Bertz CT molecular complexity index is 1140. The summed E-state index contributed by atoms with van der Waals surface area (Å²) in [6.07, 6.45) is -4.32. The molecule has 0 aliphatic carbocycles. The first-order valence-electron chi connectivity index (χ1n) is 9.46. The number of rotatable bonds is 3. The summed E-state index contributed by atoms with van der Waals surface area (Å²) in [4.78, 5) is 27.3. The van der Waals surface area contributed by atoms with Crippen molar-refractivity contribution in [2.45, 2.75) is 19.0 Å². The zero-order valence-corrected chi connectivity index (χ0v) is 17.7. The summed E-state index contributed by atoms with van der Waals surface area (Å²) in [5.74, 6) is -0.841. The van der Waals surface area contributed by atoms with Crippen molar-refractivity contribution in [3.05, 3.63) is 53.1 Å². The molecule has 0 atom stereocenters. The van der Waals surface area contributed by atoms with Crippen LogP contribution in [0.2, 0.25) is 0 Å². The quantitative estimate of drug-likeness (QED) is 0.536. The Morgan fingerprint density at radius 3 is 2.50 bits per heavy atom. The fourth-order valence-electron chi connectivity index (χ4n) is 3.38. The van der Waals surface area contributed by atoms with Crippen LogP contribution in [0.3, 0.4) is 0 Å². The van der Waals surface area contributed by atoms with E-state index in [0.29, 0.717) is 18.7 Å². The average molecular weight is 461 g/mol. The minimum Gasteiger partial charge on any atom is -0.398 e. The van der Waals surface area contributed by atoms with Gasteiger partial charge in [-0.3, -0.25) is 14.5 Å². The van der Waals surface area contributed by atoms with Crippen LogP contribution in [0, 0.1) is 11.3 Å². The molecule has 166 valence electrons. The predicted octanol–water partition coefficient (Wildman–Crippen LogP) is 3.44. The van der Waals surface area contributed by atoms with Crippen LogP contribution in [0.4, 0.5) is 30.2 Å². The Balaban J connectivity index is 2.04. The van der Waals surface area contributed by atoms with Crippen molar-refractivity contribution >= 4 is 46.2 Å². The number of nitrogens with zero attached hydrogens (tertiary/aromatic N) is 3. The Kier molecular flexibility index (Phi) is 6.36. The van der Waals surface area contributed by atoms with E-state index in [1.165, 1.54) is 31.3 Å². The fourth-order valence-corrected chi connectivity index (χ4v) is 3.78. The third kappa shape index (κ3) is 4.36. The second-order valence-electron chi connectivity index (χ2n) is 6.96. The maximum Gasteiger partial charge on any atom is 0.417 e. The number of nitrogen functional groups attached to an aromatic ring is 1. The molecule has 0 spiro atoms. The molecular weight excluding hydrogens is 443 g/mol. The number of nitrogens with two attached hydrogens (primary N) is 1. The van der Waals surface area contributed by atoms with Crippen molar-refractivity contribution in [3.63, 3.8) is 0 Å². The topological polar surface area (TPSA) is 102 Å². The summed E-state index contributed by atoms with van der Waals surface area (Å²) in [7, 11) is 1.47. The second-order valence-corrected chi connectivity index (χ2v) is 7.32. The van der Waals surface area contributed by atoms with Crippen molar-refractivity contribution in [1.29, 1.82) is 5.26 Å². The predicted molar refractivity (Wildman–Crippen MR) is 117 cm³/mol. The number of hydrogen-bond acceptors (Lipinski definition) is 5. The number of nitrogens with one attached hydrogen (secondary N) is 1. The highest BCUT2D eigenvalue weighted by atomic mass is 32.1. The molecule has 3 rings (SSSR count). The highest BCUT2D eigenvalue weighted by Crippen LogP contribution is 2.36. The number of hydrogen-bond donors (Lipinski definition) is 2. The van der Waals surface area contributed by atoms with Gasteiger partial charge in [-0.05, 0) is 55.0 Å². The molecule has 0 radical (unpaired) electrons. The van der Waals surface area contributed by atoms with Crippen LogP contribution >= 0.6 is 12.2 Å². The van der Waals surface area contributed by atoms with Gasteiger partial charge in [-0.1, -0.05) is 0 Å². The van der Waals surface area contributed by atoms with Gasteiger partial charge in [-0.25, -0.2) is 0 Å². The number of benzene rings is 2. The van der Waals surface area contributed by atoms with Gasteiger partial charge in [0.2, 0.25) is 5.91 Å². The van der Waals surface area contributed by atoms with E-state index in [0.717, 1.165) is 17.0 Å². The summed E-state index contributed by atoms with van der Waals surface area (Å²) >= 11 is 5.49. The molecule has 32 heavy (non-hydrogen) atoms. The molecule has 0 aromatic heterocycles. The third-order valence-corrected chi connectivity index (χ3v) is 5.35. The molecular formula is C21H18F3N5O2S. The van der Waals surface area contributed by atoms with Gasteiger partial charge in [0.1, 0.15) is 0 Å².